The number of H-pyrrole nitrogens is 1. The molecule has 2 aromatic carbocycles. The van der Waals surface area contributed by atoms with Crippen LogP contribution in [0, 0.1) is 0 Å². The number of hydrogen-bond acceptors (Lipinski definition) is 4. The van der Waals surface area contributed by atoms with Gasteiger partial charge in [0, 0.05) is 51.9 Å². The molecule has 3 aromatic rings. The van der Waals surface area contributed by atoms with E-state index in [9.17, 15) is 0 Å². The van der Waals surface area contributed by atoms with Crippen LogP contribution in [0.2, 0.25) is 0 Å². The van der Waals surface area contributed by atoms with E-state index in [4.69, 9.17) is 9.47 Å². The first-order valence-corrected chi connectivity index (χ1v) is 9.91. The largest absolute Gasteiger partial charge is 0.493 e. The van der Waals surface area contributed by atoms with Crippen molar-refractivity contribution >= 4 is 46.7 Å². The fourth-order valence-electron chi connectivity index (χ4n) is 2.96. The predicted octanol–water partition coefficient (Wildman–Crippen LogP) is 4.22. The molecule has 1 aromatic heterocycles. The first kappa shape index (κ1) is 23.9. The van der Waals surface area contributed by atoms with Gasteiger partial charge in [0.1, 0.15) is 11.6 Å². The summed E-state index contributed by atoms with van der Waals surface area (Å²) in [6.45, 7) is 2.12. The summed E-state index contributed by atoms with van der Waals surface area (Å²) >= 11 is 0. The number of para-hydroxylation sites is 2. The van der Waals surface area contributed by atoms with E-state index >= 15 is 0 Å². The molecule has 162 valence electrons. The van der Waals surface area contributed by atoms with Gasteiger partial charge in [0.25, 0.3) is 0 Å². The molecule has 0 unspecified atom stereocenters. The molecule has 0 aliphatic carbocycles. The van der Waals surface area contributed by atoms with Gasteiger partial charge in [-0.2, -0.15) is 0 Å². The topological polar surface area (TPSA) is 83.6 Å². The number of fused-ring (bicyclic) bond motifs is 1. The van der Waals surface area contributed by atoms with Crippen LogP contribution >= 0.6 is 24.0 Å². The summed E-state index contributed by atoms with van der Waals surface area (Å²) in [6.07, 6.45) is 2.69. The van der Waals surface area contributed by atoms with Gasteiger partial charge in [-0.25, -0.2) is 4.98 Å². The monoisotopic (exact) mass is 523 g/mol. The summed E-state index contributed by atoms with van der Waals surface area (Å²) in [7, 11) is 3.46. The Hall–Kier alpha value is -2.33. The van der Waals surface area contributed by atoms with Gasteiger partial charge < -0.3 is 25.1 Å². The van der Waals surface area contributed by atoms with Crippen LogP contribution in [0.5, 0.6) is 5.75 Å². The van der Waals surface area contributed by atoms with Crippen LogP contribution in [0.3, 0.4) is 0 Å². The lowest BCUT2D eigenvalue weighted by atomic mass is 10.3. The van der Waals surface area contributed by atoms with Crippen LogP contribution in [0.1, 0.15) is 18.7 Å². The van der Waals surface area contributed by atoms with E-state index in [0.29, 0.717) is 13.2 Å². The Kier molecular flexibility index (Phi) is 10.4. The van der Waals surface area contributed by atoms with Crippen molar-refractivity contribution in [2.75, 3.05) is 39.2 Å². The highest BCUT2D eigenvalue weighted by Gasteiger charge is 2.04. The molecular formula is C22H30IN5O2. The van der Waals surface area contributed by atoms with E-state index in [-0.39, 0.29) is 24.0 Å². The van der Waals surface area contributed by atoms with Gasteiger partial charge in [0.2, 0.25) is 0 Å². The van der Waals surface area contributed by atoms with Gasteiger partial charge >= 0.3 is 0 Å². The Morgan fingerprint density at radius 2 is 1.97 bits per heavy atom. The number of nitrogens with one attached hydrogen (secondary N) is 3. The first-order valence-electron chi connectivity index (χ1n) is 9.91. The van der Waals surface area contributed by atoms with Crippen molar-refractivity contribution in [3.63, 3.8) is 0 Å². The van der Waals surface area contributed by atoms with Crippen LogP contribution in [0.4, 0.5) is 5.69 Å². The van der Waals surface area contributed by atoms with Gasteiger partial charge in [-0.15, -0.1) is 24.0 Å². The number of aromatic amines is 1. The van der Waals surface area contributed by atoms with E-state index in [0.717, 1.165) is 60.1 Å². The summed E-state index contributed by atoms with van der Waals surface area (Å²) < 4.78 is 10.8. The van der Waals surface area contributed by atoms with Crippen molar-refractivity contribution in [1.29, 1.82) is 0 Å². The Morgan fingerprint density at radius 3 is 2.77 bits per heavy atom. The van der Waals surface area contributed by atoms with E-state index < -0.39 is 0 Å². The predicted molar refractivity (Wildman–Crippen MR) is 133 cm³/mol. The third kappa shape index (κ3) is 7.49. The van der Waals surface area contributed by atoms with E-state index in [1.165, 1.54) is 0 Å². The minimum absolute atomic E-state index is 0. The molecule has 0 aliphatic rings. The van der Waals surface area contributed by atoms with Gasteiger partial charge in [0.15, 0.2) is 5.96 Å². The van der Waals surface area contributed by atoms with Gasteiger partial charge in [-0.05, 0) is 30.7 Å². The number of anilines is 1. The molecule has 3 rings (SSSR count). The summed E-state index contributed by atoms with van der Waals surface area (Å²) in [4.78, 5) is 12.3. The lowest BCUT2D eigenvalue weighted by Crippen LogP contribution is -2.31. The number of rotatable bonds is 10. The second-order valence-electron chi connectivity index (χ2n) is 6.65. The fourth-order valence-corrected chi connectivity index (χ4v) is 2.96. The van der Waals surface area contributed by atoms with Crippen LogP contribution in [0.25, 0.3) is 11.0 Å². The zero-order valence-corrected chi connectivity index (χ0v) is 19.8. The number of ether oxygens (including phenoxy) is 2. The molecule has 0 saturated heterocycles. The highest BCUT2D eigenvalue weighted by atomic mass is 127. The van der Waals surface area contributed by atoms with E-state index in [1.807, 2.05) is 48.5 Å². The number of imidazole rings is 1. The van der Waals surface area contributed by atoms with Gasteiger partial charge in [0.05, 0.1) is 17.6 Å². The van der Waals surface area contributed by atoms with E-state index in [2.05, 4.69) is 25.6 Å². The molecule has 0 amide bonds. The quantitative estimate of drug-likeness (QED) is 0.161. The number of nitrogens with zero attached hydrogens (tertiary/aromatic N) is 2. The van der Waals surface area contributed by atoms with E-state index in [1.54, 1.807) is 14.2 Å². The second-order valence-corrected chi connectivity index (χ2v) is 6.65. The normalized spacial score (nSPS) is 11.2. The second kappa shape index (κ2) is 13.1. The molecule has 0 fully saturated rings. The molecule has 0 spiro atoms. The van der Waals surface area contributed by atoms with Crippen molar-refractivity contribution < 1.29 is 9.47 Å². The molecule has 0 bridgehead atoms. The lowest BCUT2D eigenvalue weighted by Gasteiger charge is -2.13. The minimum Gasteiger partial charge on any atom is -0.493 e. The summed E-state index contributed by atoms with van der Waals surface area (Å²) in [5.74, 6) is 2.56. The Bertz CT molecular complexity index is 896. The lowest BCUT2D eigenvalue weighted by molar-refractivity contribution is 0.172. The molecule has 0 radical (unpaired) electrons. The van der Waals surface area contributed by atoms with Crippen molar-refractivity contribution in [1.82, 2.24) is 15.3 Å². The number of guanidine groups is 1. The fraction of sp³-hybridized carbons (Fsp3) is 0.364. The number of aromatic nitrogens is 2. The highest BCUT2D eigenvalue weighted by Crippen LogP contribution is 2.17. The Balaban J connectivity index is 0.00000320. The Morgan fingerprint density at radius 1 is 1.10 bits per heavy atom. The maximum atomic E-state index is 5.75. The maximum Gasteiger partial charge on any atom is 0.195 e. The zero-order valence-electron chi connectivity index (χ0n) is 17.5. The molecule has 0 atom stereocenters. The first-order chi connectivity index (χ1) is 14.3. The molecule has 3 N–H and O–H groups in total. The number of aryl methyl sites for hydroxylation is 1. The molecule has 30 heavy (non-hydrogen) atoms. The third-order valence-electron chi connectivity index (χ3n) is 4.40. The summed E-state index contributed by atoms with van der Waals surface area (Å²) in [6, 6.07) is 16.0. The van der Waals surface area contributed by atoms with Crippen molar-refractivity contribution in [2.24, 2.45) is 4.99 Å². The number of methoxy groups -OCH3 is 1. The molecule has 0 aliphatic heterocycles. The van der Waals surface area contributed by atoms with Crippen LogP contribution in [-0.4, -0.2) is 49.8 Å². The number of aliphatic imine (C=N–C) groups is 1. The van der Waals surface area contributed by atoms with Crippen molar-refractivity contribution in [3.05, 3.63) is 54.4 Å². The minimum atomic E-state index is 0. The number of halogens is 1. The van der Waals surface area contributed by atoms with Crippen molar-refractivity contribution in [2.45, 2.75) is 19.3 Å². The van der Waals surface area contributed by atoms with Crippen LogP contribution in [0.15, 0.2) is 53.5 Å². The molecular weight excluding hydrogens is 493 g/mol. The average Bonchev–Trinajstić information content (AvgIpc) is 3.16. The number of benzene rings is 2. The molecule has 1 heterocycles. The van der Waals surface area contributed by atoms with Crippen LogP contribution in [-0.2, 0) is 11.2 Å². The molecule has 7 nitrogen and oxygen atoms in total. The standard InChI is InChI=1S/C22H29N5O2.HI/c1-23-22(25-17-8-5-9-18(16-17)29-15-7-14-28-2)24-13-6-12-21-26-19-10-3-4-11-20(19)27-21;/h3-5,8-11,16H,6-7,12-15H2,1-2H3,(H,26,27)(H2,23,24,25);1H. The van der Waals surface area contributed by atoms with Gasteiger partial charge in [-0.3, -0.25) is 4.99 Å². The smallest absolute Gasteiger partial charge is 0.195 e. The summed E-state index contributed by atoms with van der Waals surface area (Å²) in [5.41, 5.74) is 3.02. The Labute approximate surface area is 194 Å². The van der Waals surface area contributed by atoms with Crippen molar-refractivity contribution in [3.8, 4) is 5.75 Å². The molecule has 0 saturated carbocycles. The summed E-state index contributed by atoms with van der Waals surface area (Å²) in [5, 5.41) is 6.64. The highest BCUT2D eigenvalue weighted by molar-refractivity contribution is 14.0. The average molecular weight is 523 g/mol. The molecule has 8 heteroatoms. The zero-order chi connectivity index (χ0) is 20.3. The maximum absolute atomic E-state index is 5.75. The third-order valence-corrected chi connectivity index (χ3v) is 4.40. The van der Waals surface area contributed by atoms with Crippen LogP contribution < -0.4 is 15.4 Å². The van der Waals surface area contributed by atoms with Gasteiger partial charge in [-0.1, -0.05) is 18.2 Å². The SMILES string of the molecule is CN=C(NCCCc1nc2ccccc2[nH]1)Nc1cccc(OCCCOC)c1.I. The number of hydrogen-bond donors (Lipinski definition) is 3.